The summed E-state index contributed by atoms with van der Waals surface area (Å²) in [7, 11) is 0. The fourth-order valence-electron chi connectivity index (χ4n) is 3.02. The molecule has 1 aliphatic rings. The van der Waals surface area contributed by atoms with Crippen molar-refractivity contribution in [3.63, 3.8) is 0 Å². The van der Waals surface area contributed by atoms with Gasteiger partial charge in [0, 0.05) is 36.4 Å². The molecule has 0 unspecified atom stereocenters. The number of rotatable bonds is 4. The van der Waals surface area contributed by atoms with Crippen molar-refractivity contribution in [2.45, 2.75) is 20.4 Å². The number of ether oxygens (including phenoxy) is 1. The summed E-state index contributed by atoms with van der Waals surface area (Å²) in [6, 6.07) is 1.93. The number of hydrogen-bond acceptors (Lipinski definition) is 7. The first-order chi connectivity index (χ1) is 12.6. The van der Waals surface area contributed by atoms with E-state index in [0.29, 0.717) is 16.3 Å². The number of aryl methyl sites for hydroxylation is 2. The Hall–Kier alpha value is -2.36. The van der Waals surface area contributed by atoms with Gasteiger partial charge in [-0.25, -0.2) is 14.5 Å². The number of thiazole rings is 1. The predicted molar refractivity (Wildman–Crippen MR) is 98.6 cm³/mol. The molecule has 0 aliphatic carbocycles. The molecule has 4 heterocycles. The van der Waals surface area contributed by atoms with Gasteiger partial charge < -0.3 is 4.74 Å². The van der Waals surface area contributed by atoms with Gasteiger partial charge in [-0.15, -0.1) is 11.3 Å². The molecule has 0 aromatic carbocycles. The van der Waals surface area contributed by atoms with E-state index in [2.05, 4.69) is 25.3 Å². The first-order valence-corrected chi connectivity index (χ1v) is 9.36. The topological polar surface area (TPSA) is 84.7 Å². The molecule has 1 aliphatic heterocycles. The number of fused-ring (bicyclic) bond motifs is 1. The van der Waals surface area contributed by atoms with Crippen LogP contribution in [0.5, 0.6) is 0 Å². The lowest BCUT2D eigenvalue weighted by molar-refractivity contribution is 0.0337. The zero-order chi connectivity index (χ0) is 18.1. The normalized spacial score (nSPS) is 15.5. The van der Waals surface area contributed by atoms with Crippen molar-refractivity contribution >= 4 is 28.0 Å². The van der Waals surface area contributed by atoms with Crippen LogP contribution >= 0.6 is 11.3 Å². The Balaban J connectivity index is 1.48. The highest BCUT2D eigenvalue weighted by molar-refractivity contribution is 7.14. The van der Waals surface area contributed by atoms with Gasteiger partial charge in [0.05, 0.1) is 25.1 Å². The molecule has 8 nitrogen and oxygen atoms in total. The number of hydrogen-bond donors (Lipinski definition) is 1. The molecule has 1 fully saturated rings. The fourth-order valence-corrected chi connectivity index (χ4v) is 3.72. The highest BCUT2D eigenvalue weighted by Gasteiger charge is 2.18. The maximum Gasteiger partial charge on any atom is 0.262 e. The maximum absolute atomic E-state index is 12.6. The van der Waals surface area contributed by atoms with Crippen LogP contribution in [0.1, 0.15) is 27.4 Å². The minimum Gasteiger partial charge on any atom is -0.379 e. The van der Waals surface area contributed by atoms with Gasteiger partial charge in [0.25, 0.3) is 5.91 Å². The Kier molecular flexibility index (Phi) is 4.66. The number of morpholine rings is 1. The smallest absolute Gasteiger partial charge is 0.262 e. The monoisotopic (exact) mass is 372 g/mol. The second-order valence-electron chi connectivity index (χ2n) is 6.32. The summed E-state index contributed by atoms with van der Waals surface area (Å²) in [4.78, 5) is 23.9. The van der Waals surface area contributed by atoms with Gasteiger partial charge in [-0.3, -0.25) is 15.0 Å². The van der Waals surface area contributed by atoms with Crippen molar-refractivity contribution in [3.8, 4) is 0 Å². The molecule has 1 N–H and O–H groups in total. The Bertz CT molecular complexity index is 944. The van der Waals surface area contributed by atoms with Crippen LogP contribution < -0.4 is 5.32 Å². The van der Waals surface area contributed by atoms with E-state index in [-0.39, 0.29) is 5.91 Å². The van der Waals surface area contributed by atoms with Crippen LogP contribution in [0.4, 0.5) is 5.13 Å². The third-order valence-electron chi connectivity index (χ3n) is 4.28. The molecule has 136 valence electrons. The second-order valence-corrected chi connectivity index (χ2v) is 7.18. The average Bonchev–Trinajstić information content (AvgIpc) is 3.22. The molecule has 0 radical (unpaired) electrons. The third-order valence-corrected chi connectivity index (χ3v) is 5.09. The highest BCUT2D eigenvalue weighted by atomic mass is 32.1. The van der Waals surface area contributed by atoms with Gasteiger partial charge in [-0.05, 0) is 19.9 Å². The molecule has 0 saturated carbocycles. The van der Waals surface area contributed by atoms with Crippen LogP contribution in [0.25, 0.3) is 5.65 Å². The van der Waals surface area contributed by atoms with Crippen LogP contribution in [0.2, 0.25) is 0 Å². The van der Waals surface area contributed by atoms with E-state index in [0.717, 1.165) is 49.9 Å². The first kappa shape index (κ1) is 17.1. The van der Waals surface area contributed by atoms with Crippen LogP contribution in [0, 0.1) is 13.8 Å². The maximum atomic E-state index is 12.6. The van der Waals surface area contributed by atoms with Crippen molar-refractivity contribution in [2.24, 2.45) is 0 Å². The molecule has 26 heavy (non-hydrogen) atoms. The number of carbonyl (C=O) groups is 1. The van der Waals surface area contributed by atoms with E-state index in [1.165, 1.54) is 11.3 Å². The second kappa shape index (κ2) is 7.10. The largest absolute Gasteiger partial charge is 0.379 e. The molecule has 0 bridgehead atoms. The molecular weight excluding hydrogens is 352 g/mol. The van der Waals surface area contributed by atoms with Gasteiger partial charge in [-0.1, -0.05) is 0 Å². The molecule has 1 saturated heterocycles. The summed E-state index contributed by atoms with van der Waals surface area (Å²) in [6.07, 6.45) is 1.55. The molecule has 1 amide bonds. The first-order valence-electron chi connectivity index (χ1n) is 8.48. The average molecular weight is 372 g/mol. The van der Waals surface area contributed by atoms with Crippen LogP contribution in [0.15, 0.2) is 17.6 Å². The van der Waals surface area contributed by atoms with Crippen LogP contribution in [-0.4, -0.2) is 56.7 Å². The number of amides is 1. The van der Waals surface area contributed by atoms with E-state index in [1.807, 2.05) is 25.3 Å². The summed E-state index contributed by atoms with van der Waals surface area (Å²) in [6.45, 7) is 7.95. The molecule has 0 spiro atoms. The zero-order valence-electron chi connectivity index (χ0n) is 14.7. The van der Waals surface area contributed by atoms with Crippen molar-refractivity contribution in [3.05, 3.63) is 40.3 Å². The lowest BCUT2D eigenvalue weighted by Gasteiger charge is -2.25. The lowest BCUT2D eigenvalue weighted by atomic mass is 10.3. The minimum atomic E-state index is -0.246. The van der Waals surface area contributed by atoms with E-state index < -0.39 is 0 Å². The van der Waals surface area contributed by atoms with Crippen LogP contribution in [0.3, 0.4) is 0 Å². The molecule has 9 heteroatoms. The van der Waals surface area contributed by atoms with E-state index in [4.69, 9.17) is 4.74 Å². The summed E-state index contributed by atoms with van der Waals surface area (Å²) in [5.41, 5.74) is 3.75. The summed E-state index contributed by atoms with van der Waals surface area (Å²) in [5.74, 6) is -0.246. The minimum absolute atomic E-state index is 0.246. The zero-order valence-corrected chi connectivity index (χ0v) is 15.5. The number of carbonyl (C=O) groups excluding carboxylic acids is 1. The van der Waals surface area contributed by atoms with Crippen LogP contribution in [-0.2, 0) is 11.3 Å². The van der Waals surface area contributed by atoms with E-state index in [1.54, 1.807) is 10.7 Å². The summed E-state index contributed by atoms with van der Waals surface area (Å²) < 4.78 is 7.03. The molecule has 4 rings (SSSR count). The summed E-state index contributed by atoms with van der Waals surface area (Å²) >= 11 is 1.43. The van der Waals surface area contributed by atoms with Crippen molar-refractivity contribution in [1.82, 2.24) is 24.5 Å². The number of nitrogens with one attached hydrogen (secondary N) is 1. The standard InChI is InChI=1S/C17H20N6O2S/c1-11-7-12(2)23-15(19-11)14(8-18-23)16(24)21-17-20-13(10-26-17)9-22-3-5-25-6-4-22/h7-8,10H,3-6,9H2,1-2H3,(H,20,21,24). The van der Waals surface area contributed by atoms with Gasteiger partial charge in [-0.2, -0.15) is 5.10 Å². The Morgan fingerprint density at radius 3 is 2.92 bits per heavy atom. The Labute approximate surface area is 154 Å². The van der Waals surface area contributed by atoms with E-state index >= 15 is 0 Å². The van der Waals surface area contributed by atoms with Crippen molar-refractivity contribution < 1.29 is 9.53 Å². The SMILES string of the molecule is Cc1cc(C)n2ncc(C(=O)Nc3nc(CN4CCOCC4)cs3)c2n1. The quantitative estimate of drug-likeness (QED) is 0.753. The molecular formula is C17H20N6O2S. The van der Waals surface area contributed by atoms with Gasteiger partial charge in [0.2, 0.25) is 0 Å². The van der Waals surface area contributed by atoms with Crippen molar-refractivity contribution in [2.75, 3.05) is 31.6 Å². The number of nitrogens with zero attached hydrogens (tertiary/aromatic N) is 5. The predicted octanol–water partition coefficient (Wildman–Crippen LogP) is 1.89. The van der Waals surface area contributed by atoms with Gasteiger partial charge in [0.1, 0.15) is 5.56 Å². The Morgan fingerprint density at radius 1 is 1.31 bits per heavy atom. The summed E-state index contributed by atoms with van der Waals surface area (Å²) in [5, 5.41) is 9.69. The van der Waals surface area contributed by atoms with Gasteiger partial charge >= 0.3 is 0 Å². The number of anilines is 1. The molecule has 3 aromatic heterocycles. The third kappa shape index (κ3) is 3.46. The fraction of sp³-hybridized carbons (Fsp3) is 0.412. The highest BCUT2D eigenvalue weighted by Crippen LogP contribution is 2.19. The Morgan fingerprint density at radius 2 is 2.12 bits per heavy atom. The van der Waals surface area contributed by atoms with Crippen molar-refractivity contribution in [1.29, 1.82) is 0 Å². The molecule has 3 aromatic rings. The van der Waals surface area contributed by atoms with Gasteiger partial charge in [0.15, 0.2) is 10.8 Å². The lowest BCUT2D eigenvalue weighted by Crippen LogP contribution is -2.35. The molecule has 0 atom stereocenters. The number of aromatic nitrogens is 4. The van der Waals surface area contributed by atoms with E-state index in [9.17, 15) is 4.79 Å².